The second-order valence-electron chi connectivity index (χ2n) is 6.96. The number of hydrogen-bond acceptors (Lipinski definition) is 3. The molecule has 0 aliphatic heterocycles. The van der Waals surface area contributed by atoms with Crippen LogP contribution in [0.15, 0.2) is 18.2 Å². The molecule has 0 saturated heterocycles. The Labute approximate surface area is 160 Å². The summed E-state index contributed by atoms with van der Waals surface area (Å²) in [5.41, 5.74) is 0.672. The number of halogens is 2. The van der Waals surface area contributed by atoms with Crippen LogP contribution in [0.5, 0.6) is 0 Å². The zero-order chi connectivity index (χ0) is 18.4. The molecule has 140 valence electrons. The molecule has 0 bridgehead atoms. The average Bonchev–Trinajstić information content (AvgIpc) is 2.60. The second kappa shape index (κ2) is 10.2. The van der Waals surface area contributed by atoms with Gasteiger partial charge in [0.05, 0.1) is 16.1 Å². The Morgan fingerprint density at radius 1 is 1.24 bits per heavy atom. The quantitative estimate of drug-likeness (QED) is 0.526. The molecule has 0 aromatic heterocycles. The van der Waals surface area contributed by atoms with E-state index in [1.165, 1.54) is 6.42 Å². The van der Waals surface area contributed by atoms with Gasteiger partial charge in [0.25, 0.3) is 0 Å². The van der Waals surface area contributed by atoms with Crippen LogP contribution in [0.2, 0.25) is 10.0 Å². The van der Waals surface area contributed by atoms with E-state index in [2.05, 4.69) is 5.32 Å². The van der Waals surface area contributed by atoms with E-state index in [4.69, 9.17) is 23.2 Å². The molecule has 1 saturated carbocycles. The molecule has 4 atom stereocenters. The van der Waals surface area contributed by atoms with Crippen molar-refractivity contribution in [2.24, 2.45) is 5.92 Å². The summed E-state index contributed by atoms with van der Waals surface area (Å²) in [6, 6.07) is 5.46. The van der Waals surface area contributed by atoms with Gasteiger partial charge < -0.3 is 10.4 Å². The summed E-state index contributed by atoms with van der Waals surface area (Å²) in [4.78, 5) is 9.68. The second-order valence-corrected chi connectivity index (χ2v) is 9.04. The summed E-state index contributed by atoms with van der Waals surface area (Å²) in [7, 11) is -2.27. The number of benzene rings is 1. The standard InChI is InChI=1S/C18H26Cl2NO3P/c1-12(14-7-8-16(19)17(20)9-14)21-11-15(22)10-18(25(23)24)13-5-3-2-4-6-13/h7-9,12-13,15,18,21-22H,2-6,10-11H2,1H3/p+1/t12?,15-,18-/m0/s1. The van der Waals surface area contributed by atoms with E-state index < -0.39 is 14.1 Å². The summed E-state index contributed by atoms with van der Waals surface area (Å²) < 4.78 is 11.8. The molecular weight excluding hydrogens is 380 g/mol. The maximum absolute atomic E-state index is 11.8. The van der Waals surface area contributed by atoms with Gasteiger partial charge in [-0.1, -0.05) is 48.5 Å². The fourth-order valence-corrected chi connectivity index (χ4v) is 4.95. The Kier molecular flexibility index (Phi) is 8.60. The highest BCUT2D eigenvalue weighted by Gasteiger charge is 2.39. The van der Waals surface area contributed by atoms with Crippen LogP contribution in [0, 0.1) is 5.92 Å². The lowest BCUT2D eigenvalue weighted by atomic mass is 9.85. The molecule has 4 nitrogen and oxygen atoms in total. The SMILES string of the molecule is CC(NC[C@@H](O)C[C@@H](C1CCCCC1)[P+](=O)O)c1ccc(Cl)c(Cl)c1. The van der Waals surface area contributed by atoms with Crippen molar-refractivity contribution in [1.82, 2.24) is 5.32 Å². The average molecular weight is 407 g/mol. The van der Waals surface area contributed by atoms with Crippen molar-refractivity contribution in [3.05, 3.63) is 33.8 Å². The first kappa shape index (κ1) is 21.1. The molecule has 1 aliphatic carbocycles. The number of aliphatic hydroxyl groups excluding tert-OH is 1. The predicted molar refractivity (Wildman–Crippen MR) is 104 cm³/mol. The number of rotatable bonds is 8. The van der Waals surface area contributed by atoms with Crippen LogP contribution in [0.25, 0.3) is 0 Å². The van der Waals surface area contributed by atoms with Crippen LogP contribution in [-0.2, 0) is 4.57 Å². The molecule has 0 radical (unpaired) electrons. The number of hydrogen-bond donors (Lipinski definition) is 3. The van der Waals surface area contributed by atoms with E-state index in [9.17, 15) is 14.6 Å². The van der Waals surface area contributed by atoms with Gasteiger partial charge in [-0.25, -0.2) is 0 Å². The number of aliphatic hydroxyl groups is 1. The first-order valence-corrected chi connectivity index (χ1v) is 10.9. The van der Waals surface area contributed by atoms with Crippen molar-refractivity contribution in [1.29, 1.82) is 0 Å². The third-order valence-electron chi connectivity index (χ3n) is 5.09. The van der Waals surface area contributed by atoms with Crippen LogP contribution < -0.4 is 5.32 Å². The van der Waals surface area contributed by atoms with E-state index in [-0.39, 0.29) is 17.6 Å². The van der Waals surface area contributed by atoms with Crippen molar-refractivity contribution >= 4 is 31.2 Å². The van der Waals surface area contributed by atoms with Crippen molar-refractivity contribution in [3.63, 3.8) is 0 Å². The molecule has 1 fully saturated rings. The molecule has 1 aromatic rings. The van der Waals surface area contributed by atoms with Gasteiger partial charge in [-0.3, -0.25) is 0 Å². The van der Waals surface area contributed by atoms with Crippen molar-refractivity contribution in [2.45, 2.75) is 63.3 Å². The fraction of sp³-hybridized carbons (Fsp3) is 0.667. The summed E-state index contributed by atoms with van der Waals surface area (Å²) in [5.74, 6) is 0.254. The molecule has 25 heavy (non-hydrogen) atoms. The van der Waals surface area contributed by atoms with Gasteiger partial charge in [0.15, 0.2) is 5.66 Å². The van der Waals surface area contributed by atoms with Crippen molar-refractivity contribution in [3.8, 4) is 0 Å². The normalized spacial score (nSPS) is 20.1. The maximum atomic E-state index is 11.8. The molecule has 2 unspecified atom stereocenters. The Bertz CT molecular complexity index is 581. The largest absolute Gasteiger partial charge is 0.509 e. The van der Waals surface area contributed by atoms with Crippen molar-refractivity contribution in [2.75, 3.05) is 6.54 Å². The van der Waals surface area contributed by atoms with E-state index in [0.29, 0.717) is 23.0 Å². The third-order valence-corrected chi connectivity index (χ3v) is 7.03. The molecule has 1 aromatic carbocycles. The summed E-state index contributed by atoms with van der Waals surface area (Å²) in [5, 5.41) is 14.6. The minimum atomic E-state index is -2.27. The lowest BCUT2D eigenvalue weighted by Crippen LogP contribution is -2.33. The van der Waals surface area contributed by atoms with Crippen molar-refractivity contribution < 1.29 is 14.6 Å². The first-order valence-electron chi connectivity index (χ1n) is 8.90. The summed E-state index contributed by atoms with van der Waals surface area (Å²) >= 11 is 12.0. The van der Waals surface area contributed by atoms with Gasteiger partial charge in [-0.05, 0) is 42.0 Å². The van der Waals surface area contributed by atoms with Gasteiger partial charge in [0.2, 0.25) is 0 Å². The van der Waals surface area contributed by atoms with Crippen LogP contribution in [-0.4, -0.2) is 28.3 Å². The summed E-state index contributed by atoms with van der Waals surface area (Å²) in [6.07, 6.45) is 5.13. The van der Waals surface area contributed by atoms with Crippen LogP contribution in [0.3, 0.4) is 0 Å². The molecule has 7 heteroatoms. The highest BCUT2D eigenvalue weighted by molar-refractivity contribution is 7.38. The topological polar surface area (TPSA) is 69.6 Å². The molecule has 0 heterocycles. The van der Waals surface area contributed by atoms with Crippen LogP contribution >= 0.6 is 31.2 Å². The molecule has 0 amide bonds. The molecule has 3 N–H and O–H groups in total. The van der Waals surface area contributed by atoms with Gasteiger partial charge >= 0.3 is 8.03 Å². The fourth-order valence-electron chi connectivity index (χ4n) is 3.56. The van der Waals surface area contributed by atoms with Crippen LogP contribution in [0.1, 0.15) is 57.1 Å². The zero-order valence-corrected chi connectivity index (χ0v) is 16.9. The third kappa shape index (κ3) is 6.46. The first-order chi connectivity index (χ1) is 11.9. The highest BCUT2D eigenvalue weighted by atomic mass is 35.5. The van der Waals surface area contributed by atoms with E-state index in [0.717, 1.165) is 31.2 Å². The summed E-state index contributed by atoms with van der Waals surface area (Å²) in [6.45, 7) is 2.35. The minimum Gasteiger partial charge on any atom is -0.392 e. The van der Waals surface area contributed by atoms with E-state index in [1.807, 2.05) is 19.1 Å². The zero-order valence-electron chi connectivity index (χ0n) is 14.5. The Balaban J connectivity index is 1.86. The van der Waals surface area contributed by atoms with Gasteiger partial charge in [-0.15, -0.1) is 0 Å². The molecule has 1 aliphatic rings. The van der Waals surface area contributed by atoms with Crippen LogP contribution in [0.4, 0.5) is 0 Å². The van der Waals surface area contributed by atoms with Gasteiger partial charge in [0.1, 0.15) is 0 Å². The van der Waals surface area contributed by atoms with Gasteiger partial charge in [0, 0.05) is 24.9 Å². The molecular formula is C18H27Cl2NO3P+. The molecule has 0 spiro atoms. The molecule has 2 rings (SSSR count). The Hall–Kier alpha value is -0.220. The lowest BCUT2D eigenvalue weighted by molar-refractivity contribution is 0.144. The van der Waals surface area contributed by atoms with E-state index >= 15 is 0 Å². The Morgan fingerprint density at radius 3 is 2.52 bits per heavy atom. The maximum Gasteiger partial charge on any atom is 0.509 e. The highest BCUT2D eigenvalue weighted by Crippen LogP contribution is 2.40. The monoisotopic (exact) mass is 406 g/mol. The van der Waals surface area contributed by atoms with E-state index in [1.54, 1.807) is 6.07 Å². The smallest absolute Gasteiger partial charge is 0.392 e. The minimum absolute atomic E-state index is 0.000404. The Morgan fingerprint density at radius 2 is 1.92 bits per heavy atom. The predicted octanol–water partition coefficient (Wildman–Crippen LogP) is 5.08. The lowest BCUT2D eigenvalue weighted by Gasteiger charge is -2.25. The number of nitrogens with one attached hydrogen (secondary N) is 1. The van der Waals surface area contributed by atoms with Gasteiger partial charge in [-0.2, -0.15) is 4.89 Å².